The first-order chi connectivity index (χ1) is 32.4. The highest BCUT2D eigenvalue weighted by atomic mass is 32.2. The Morgan fingerprint density at radius 3 is 1.45 bits per heavy atom. The Morgan fingerprint density at radius 1 is 0.333 bits per heavy atom. The highest BCUT2D eigenvalue weighted by Crippen LogP contribution is 2.49. The zero-order valence-electron chi connectivity index (χ0n) is 35.9. The second-order valence-corrected chi connectivity index (χ2v) is 17.7. The molecule has 12 rings (SSSR count). The van der Waals surface area contributed by atoms with Crippen LogP contribution in [0.4, 0.5) is 0 Å². The number of hydrogen-bond donors (Lipinski definition) is 0. The van der Waals surface area contributed by atoms with Crippen LogP contribution >= 0.6 is 11.8 Å². The number of aromatic nitrogens is 6. The summed E-state index contributed by atoms with van der Waals surface area (Å²) in [5.41, 5.74) is 9.67. The molecular weight excluding hydrogens is 833 g/mol. The van der Waals surface area contributed by atoms with E-state index in [2.05, 4.69) is 86.6 Å². The van der Waals surface area contributed by atoms with Crippen LogP contribution in [0.15, 0.2) is 204 Å². The summed E-state index contributed by atoms with van der Waals surface area (Å²) < 4.78 is 13.2. The molecule has 314 valence electrons. The molecule has 4 heterocycles. The summed E-state index contributed by atoms with van der Waals surface area (Å²) in [6, 6.07) is 65.4. The standard InChI is InChI=1S/C57H38N6O2S/c1-57(2)45-23-13-12-22-42(45)43-30-26-38(33-47(43)65-57)41-29-27-39(32-44(41)56-62-52(36-18-8-4-9-19-36)58-53(63-56)37-20-10-5-11-21-37)54-59-51(35-16-6-3-7-17-35)60-55(61-54)40-28-31-50-48(34-40)64-46-24-14-15-25-49(46)66-50/h3-34H,1-2H3. The van der Waals surface area contributed by atoms with E-state index in [1.54, 1.807) is 11.8 Å². The Balaban J connectivity index is 1.06. The fourth-order valence-corrected chi connectivity index (χ4v) is 9.57. The van der Waals surface area contributed by atoms with E-state index in [1.165, 1.54) is 0 Å². The van der Waals surface area contributed by atoms with E-state index in [9.17, 15) is 0 Å². The number of para-hydroxylation sites is 1. The summed E-state index contributed by atoms with van der Waals surface area (Å²) >= 11 is 1.69. The molecule has 0 aliphatic carbocycles. The van der Waals surface area contributed by atoms with Gasteiger partial charge in [0.05, 0.1) is 9.79 Å². The van der Waals surface area contributed by atoms with Crippen molar-refractivity contribution in [1.29, 1.82) is 0 Å². The summed E-state index contributed by atoms with van der Waals surface area (Å²) in [7, 11) is 0. The van der Waals surface area contributed by atoms with Crippen LogP contribution in [0.2, 0.25) is 0 Å². The summed E-state index contributed by atoms with van der Waals surface area (Å²) in [5.74, 6) is 5.58. The molecule has 2 aromatic heterocycles. The van der Waals surface area contributed by atoms with Crippen LogP contribution in [0, 0.1) is 0 Å². The first-order valence-electron chi connectivity index (χ1n) is 21.8. The predicted molar refractivity (Wildman–Crippen MR) is 261 cm³/mol. The molecule has 0 unspecified atom stereocenters. The maximum Gasteiger partial charge on any atom is 0.164 e. The Bertz CT molecular complexity index is 3440. The number of hydrogen-bond acceptors (Lipinski definition) is 9. The third kappa shape index (κ3) is 7.25. The van der Waals surface area contributed by atoms with Gasteiger partial charge in [0, 0.05) is 44.5 Å². The molecule has 0 N–H and O–H groups in total. The Kier molecular flexibility index (Phi) is 9.57. The minimum Gasteiger partial charge on any atom is -0.482 e. The van der Waals surface area contributed by atoms with E-state index in [-0.39, 0.29) is 0 Å². The average molecular weight is 871 g/mol. The van der Waals surface area contributed by atoms with Gasteiger partial charge in [-0.3, -0.25) is 0 Å². The van der Waals surface area contributed by atoms with E-state index < -0.39 is 5.60 Å². The van der Waals surface area contributed by atoms with Crippen LogP contribution in [-0.4, -0.2) is 29.9 Å². The van der Waals surface area contributed by atoms with Crippen molar-refractivity contribution in [2.24, 2.45) is 0 Å². The lowest BCUT2D eigenvalue weighted by Gasteiger charge is -2.35. The molecule has 10 aromatic rings. The van der Waals surface area contributed by atoms with E-state index in [0.29, 0.717) is 34.9 Å². The number of nitrogens with zero attached hydrogens (tertiary/aromatic N) is 6. The van der Waals surface area contributed by atoms with Gasteiger partial charge in [-0.1, -0.05) is 163 Å². The lowest BCUT2D eigenvalue weighted by Crippen LogP contribution is -2.29. The first kappa shape index (κ1) is 39.3. The average Bonchev–Trinajstić information content (AvgIpc) is 3.38. The van der Waals surface area contributed by atoms with Gasteiger partial charge in [0.2, 0.25) is 0 Å². The van der Waals surface area contributed by atoms with Crippen molar-refractivity contribution >= 4 is 11.8 Å². The fraction of sp³-hybridized carbons (Fsp3) is 0.0526. The molecule has 0 saturated heterocycles. The molecule has 0 amide bonds. The Morgan fingerprint density at radius 2 is 0.803 bits per heavy atom. The van der Waals surface area contributed by atoms with E-state index in [1.807, 2.05) is 121 Å². The zero-order chi connectivity index (χ0) is 44.2. The number of benzene rings is 8. The molecule has 0 saturated carbocycles. The topological polar surface area (TPSA) is 95.8 Å². The third-order valence-electron chi connectivity index (χ3n) is 11.9. The molecule has 0 radical (unpaired) electrons. The van der Waals surface area contributed by atoms with Gasteiger partial charge in [-0.2, -0.15) is 0 Å². The van der Waals surface area contributed by atoms with Gasteiger partial charge in [0.15, 0.2) is 34.9 Å². The normalized spacial score (nSPS) is 13.0. The fourth-order valence-electron chi connectivity index (χ4n) is 8.64. The maximum atomic E-state index is 6.78. The van der Waals surface area contributed by atoms with Gasteiger partial charge in [-0.15, -0.1) is 0 Å². The molecule has 8 aromatic carbocycles. The first-order valence-corrected chi connectivity index (χ1v) is 22.6. The van der Waals surface area contributed by atoms with Crippen LogP contribution < -0.4 is 9.47 Å². The predicted octanol–water partition coefficient (Wildman–Crippen LogP) is 14.3. The highest BCUT2D eigenvalue weighted by Gasteiger charge is 2.33. The molecule has 0 spiro atoms. The quantitative estimate of drug-likeness (QED) is 0.155. The second kappa shape index (κ2) is 16.1. The molecule has 0 atom stereocenters. The Labute approximate surface area is 386 Å². The molecule has 2 aliphatic heterocycles. The van der Waals surface area contributed by atoms with Crippen molar-refractivity contribution in [2.45, 2.75) is 29.2 Å². The van der Waals surface area contributed by atoms with Crippen LogP contribution in [-0.2, 0) is 5.60 Å². The van der Waals surface area contributed by atoms with Crippen LogP contribution in [0.3, 0.4) is 0 Å². The highest BCUT2D eigenvalue weighted by molar-refractivity contribution is 7.99. The summed E-state index contributed by atoms with van der Waals surface area (Å²) in [6.45, 7) is 4.23. The SMILES string of the molecule is CC1(C)Oc2cc(-c3ccc(-c4nc(-c5ccccc5)nc(-c5ccc6c(c5)Oc5ccccc5S6)n4)cc3-c3nc(-c4ccccc4)nc(-c4ccccc4)n3)ccc2-c2ccccc21. The van der Waals surface area contributed by atoms with Crippen molar-refractivity contribution < 1.29 is 9.47 Å². The van der Waals surface area contributed by atoms with Gasteiger partial charge < -0.3 is 9.47 Å². The second-order valence-electron chi connectivity index (χ2n) is 16.7. The number of rotatable bonds is 7. The molecule has 0 fully saturated rings. The summed E-state index contributed by atoms with van der Waals surface area (Å²) in [5, 5.41) is 0. The van der Waals surface area contributed by atoms with Crippen molar-refractivity contribution in [2.75, 3.05) is 0 Å². The molecule has 9 heteroatoms. The van der Waals surface area contributed by atoms with E-state index >= 15 is 0 Å². The largest absolute Gasteiger partial charge is 0.482 e. The van der Waals surface area contributed by atoms with Crippen molar-refractivity contribution in [3.8, 4) is 108 Å². The molecule has 0 bridgehead atoms. The van der Waals surface area contributed by atoms with Gasteiger partial charge in [-0.05, 0) is 73.0 Å². The third-order valence-corrected chi connectivity index (χ3v) is 13.0. The molecule has 8 nitrogen and oxygen atoms in total. The Hall–Kier alpha value is -8.27. The summed E-state index contributed by atoms with van der Waals surface area (Å²) in [6.07, 6.45) is 0. The van der Waals surface area contributed by atoms with Crippen molar-refractivity contribution in [3.63, 3.8) is 0 Å². The maximum absolute atomic E-state index is 6.78. The molecule has 66 heavy (non-hydrogen) atoms. The minimum atomic E-state index is -0.529. The van der Waals surface area contributed by atoms with Gasteiger partial charge in [-0.25, -0.2) is 29.9 Å². The van der Waals surface area contributed by atoms with Gasteiger partial charge >= 0.3 is 0 Å². The van der Waals surface area contributed by atoms with Crippen LogP contribution in [0.1, 0.15) is 19.4 Å². The molecule has 2 aliphatic rings. The molecular formula is C57H38N6O2S. The van der Waals surface area contributed by atoms with E-state index in [4.69, 9.17) is 39.4 Å². The number of fused-ring (bicyclic) bond motifs is 5. The van der Waals surface area contributed by atoms with Crippen LogP contribution in [0.25, 0.3) is 90.6 Å². The lowest BCUT2D eigenvalue weighted by molar-refractivity contribution is 0.106. The van der Waals surface area contributed by atoms with E-state index in [0.717, 1.165) is 88.2 Å². The minimum absolute atomic E-state index is 0.498. The van der Waals surface area contributed by atoms with Gasteiger partial charge in [0.1, 0.15) is 22.8 Å². The smallest absolute Gasteiger partial charge is 0.164 e. The van der Waals surface area contributed by atoms with Crippen LogP contribution in [0.5, 0.6) is 17.2 Å². The zero-order valence-corrected chi connectivity index (χ0v) is 36.7. The van der Waals surface area contributed by atoms with Crippen molar-refractivity contribution in [1.82, 2.24) is 29.9 Å². The van der Waals surface area contributed by atoms with Gasteiger partial charge in [0.25, 0.3) is 0 Å². The van der Waals surface area contributed by atoms with Crippen molar-refractivity contribution in [3.05, 3.63) is 200 Å². The monoisotopic (exact) mass is 870 g/mol. The lowest BCUT2D eigenvalue weighted by atomic mass is 9.85. The number of ether oxygens (including phenoxy) is 2. The summed E-state index contributed by atoms with van der Waals surface area (Å²) in [4.78, 5) is 33.0.